The van der Waals surface area contributed by atoms with Crippen molar-refractivity contribution < 1.29 is 51.0 Å². The number of hydrogen-bond acceptors (Lipinski definition) is 10. The van der Waals surface area contributed by atoms with Crippen LogP contribution in [0.4, 0.5) is 17.6 Å². The van der Waals surface area contributed by atoms with Crippen LogP contribution < -0.4 is 25.6 Å². The second-order valence-electron chi connectivity index (χ2n) is 21.5. The summed E-state index contributed by atoms with van der Waals surface area (Å²) in [6.07, 6.45) is 4.18. The SMILES string of the molecule is CC(C)N1CC2(CC(=O)C2)n2cc(C(=O)CCc3ccc(F)cc3F)c(=O)c(OCc3ccccc3)c2C1=O.CNC1CC2(C1)CN(C(C)C)C(=O)c1c(OCc3ccccc3)c(=O)c(C(=O)CCc3ccc(F)cc3F)cn12. The zero-order valence-corrected chi connectivity index (χ0v) is 44.6. The maximum Gasteiger partial charge on any atom is 0.274 e. The van der Waals surface area contributed by atoms with Gasteiger partial charge in [0.15, 0.2) is 34.5 Å². The third kappa shape index (κ3) is 11.2. The number of halogens is 4. The van der Waals surface area contributed by atoms with Gasteiger partial charge in [-0.15, -0.1) is 0 Å². The van der Waals surface area contributed by atoms with Crippen LogP contribution in [-0.4, -0.2) is 86.4 Å². The third-order valence-electron chi connectivity index (χ3n) is 15.5. The summed E-state index contributed by atoms with van der Waals surface area (Å²) in [5, 5.41) is 3.28. The first kappa shape index (κ1) is 55.8. The summed E-state index contributed by atoms with van der Waals surface area (Å²) in [5.74, 6) is -5.11. The number of carbonyl (C=O) groups is 5. The highest BCUT2D eigenvalue weighted by Crippen LogP contribution is 2.46. The number of aryl methyl sites for hydroxylation is 2. The van der Waals surface area contributed by atoms with E-state index in [2.05, 4.69) is 5.32 Å². The van der Waals surface area contributed by atoms with Crippen molar-refractivity contribution in [3.63, 3.8) is 0 Å². The minimum atomic E-state index is -0.790. The number of ketones is 3. The number of ether oxygens (including phenoxy) is 2. The Hall–Kier alpha value is -7.99. The molecule has 0 saturated heterocycles. The molecule has 2 spiro atoms. The molecule has 2 fully saturated rings. The predicted molar refractivity (Wildman–Crippen MR) is 286 cm³/mol. The number of Topliss-reactive ketones (excluding diaryl/α,β-unsaturated/α-hetero) is 3. The molecule has 2 aromatic heterocycles. The molecule has 14 nitrogen and oxygen atoms in total. The number of carbonyl (C=O) groups excluding carboxylic acids is 5. The first-order valence-corrected chi connectivity index (χ1v) is 26.4. The third-order valence-corrected chi connectivity index (χ3v) is 15.5. The fraction of sp³-hybridized carbons (Fsp3) is 0.361. The van der Waals surface area contributed by atoms with Crippen LogP contribution in [0.2, 0.25) is 0 Å². The number of nitrogens with zero attached hydrogens (tertiary/aromatic N) is 4. The van der Waals surface area contributed by atoms with E-state index in [1.165, 1.54) is 24.5 Å². The van der Waals surface area contributed by atoms with Crippen LogP contribution in [0.15, 0.2) is 119 Å². The number of amides is 2. The zero-order valence-electron chi connectivity index (χ0n) is 44.6. The molecule has 1 N–H and O–H groups in total. The van der Waals surface area contributed by atoms with Crippen molar-refractivity contribution in [2.45, 2.75) is 121 Å². The molecule has 18 heteroatoms. The Balaban J connectivity index is 0.000000192. The second kappa shape index (κ2) is 22.8. The van der Waals surface area contributed by atoms with Crippen molar-refractivity contribution in [1.29, 1.82) is 0 Å². The first-order valence-electron chi connectivity index (χ1n) is 26.4. The number of aromatic nitrogens is 2. The van der Waals surface area contributed by atoms with Crippen LogP contribution in [-0.2, 0) is 41.9 Å². The average molecular weight is 1080 g/mol. The number of rotatable bonds is 17. The highest BCUT2D eigenvalue weighted by atomic mass is 19.1. The Morgan fingerprint density at radius 2 is 1.00 bits per heavy atom. The molecule has 4 heterocycles. The lowest BCUT2D eigenvalue weighted by atomic mass is 9.70. The lowest BCUT2D eigenvalue weighted by Gasteiger charge is -2.55. The fourth-order valence-corrected chi connectivity index (χ4v) is 11.1. The first-order chi connectivity index (χ1) is 37.7. The van der Waals surface area contributed by atoms with E-state index in [1.807, 2.05) is 95.4 Å². The van der Waals surface area contributed by atoms with Gasteiger partial charge in [-0.05, 0) is 94.8 Å². The minimum Gasteiger partial charge on any atom is -0.483 e. The molecule has 10 rings (SSSR count). The monoisotopic (exact) mass is 1080 g/mol. The Labute approximate surface area is 454 Å². The van der Waals surface area contributed by atoms with Crippen LogP contribution in [0.1, 0.15) is 130 Å². The molecule has 2 saturated carbocycles. The van der Waals surface area contributed by atoms with Gasteiger partial charge in [0.2, 0.25) is 10.9 Å². The lowest BCUT2D eigenvalue weighted by molar-refractivity contribution is -0.133. The molecule has 412 valence electrons. The highest BCUT2D eigenvalue weighted by Gasteiger charge is 2.54. The summed E-state index contributed by atoms with van der Waals surface area (Å²) in [5.41, 5.74) is -0.928. The van der Waals surface area contributed by atoms with Gasteiger partial charge in [0.25, 0.3) is 11.8 Å². The molecule has 2 amide bonds. The largest absolute Gasteiger partial charge is 0.483 e. The number of pyridine rings is 2. The van der Waals surface area contributed by atoms with E-state index < -0.39 is 62.7 Å². The fourth-order valence-electron chi connectivity index (χ4n) is 11.1. The van der Waals surface area contributed by atoms with E-state index in [0.29, 0.717) is 19.4 Å². The van der Waals surface area contributed by atoms with Gasteiger partial charge in [0, 0.05) is 81.4 Å². The lowest BCUT2D eigenvalue weighted by Crippen LogP contribution is -2.65. The molecule has 6 aromatic rings. The van der Waals surface area contributed by atoms with Crippen LogP contribution in [0, 0.1) is 23.3 Å². The van der Waals surface area contributed by atoms with Crippen LogP contribution in [0.25, 0.3) is 0 Å². The second-order valence-corrected chi connectivity index (χ2v) is 21.5. The van der Waals surface area contributed by atoms with Gasteiger partial charge in [-0.2, -0.15) is 0 Å². The van der Waals surface area contributed by atoms with E-state index in [0.717, 1.165) is 35.4 Å². The summed E-state index contributed by atoms with van der Waals surface area (Å²) in [7, 11) is 1.88. The van der Waals surface area contributed by atoms with Gasteiger partial charge in [-0.1, -0.05) is 72.8 Å². The topological polar surface area (TPSA) is 166 Å². The molecule has 0 atom stereocenters. The Bertz CT molecular complexity index is 3480. The molecule has 0 radical (unpaired) electrons. The van der Waals surface area contributed by atoms with Crippen LogP contribution >= 0.6 is 0 Å². The average Bonchev–Trinajstić information content (AvgIpc) is 3.61. The molecule has 2 aliphatic carbocycles. The van der Waals surface area contributed by atoms with Crippen LogP contribution in [0.3, 0.4) is 0 Å². The summed E-state index contributed by atoms with van der Waals surface area (Å²) in [4.78, 5) is 97.3. The maximum absolute atomic E-state index is 14.2. The van der Waals surface area contributed by atoms with Gasteiger partial charge in [-0.3, -0.25) is 33.6 Å². The number of nitrogens with one attached hydrogen (secondary N) is 1. The summed E-state index contributed by atoms with van der Waals surface area (Å²) >= 11 is 0. The summed E-state index contributed by atoms with van der Waals surface area (Å²) < 4.78 is 70.4. The van der Waals surface area contributed by atoms with E-state index in [-0.39, 0.29) is 133 Å². The molecule has 0 unspecified atom stereocenters. The Kier molecular flexibility index (Phi) is 16.1. The van der Waals surface area contributed by atoms with Crippen molar-refractivity contribution in [3.8, 4) is 11.5 Å². The van der Waals surface area contributed by atoms with Gasteiger partial charge in [0.05, 0.1) is 22.2 Å². The molecule has 79 heavy (non-hydrogen) atoms. The smallest absolute Gasteiger partial charge is 0.274 e. The van der Waals surface area contributed by atoms with Crippen molar-refractivity contribution in [2.24, 2.45) is 0 Å². The number of benzene rings is 4. The number of fused-ring (bicyclic) bond motifs is 4. The molecular formula is C61H61F4N5O9. The van der Waals surface area contributed by atoms with Gasteiger partial charge in [-0.25, -0.2) is 17.6 Å². The van der Waals surface area contributed by atoms with Crippen molar-refractivity contribution >= 4 is 29.2 Å². The van der Waals surface area contributed by atoms with E-state index in [9.17, 15) is 51.1 Å². The Morgan fingerprint density at radius 3 is 1.38 bits per heavy atom. The van der Waals surface area contributed by atoms with Gasteiger partial charge < -0.3 is 33.7 Å². The molecule has 4 aliphatic rings. The zero-order chi connectivity index (χ0) is 56.5. The van der Waals surface area contributed by atoms with Gasteiger partial charge in [0.1, 0.15) is 42.3 Å². The van der Waals surface area contributed by atoms with E-state index in [4.69, 9.17) is 9.47 Å². The van der Waals surface area contributed by atoms with E-state index in [1.54, 1.807) is 18.9 Å². The summed E-state index contributed by atoms with van der Waals surface area (Å²) in [6, 6.07) is 24.6. The Morgan fingerprint density at radius 1 is 0.595 bits per heavy atom. The quantitative estimate of drug-likeness (QED) is 0.0689. The summed E-state index contributed by atoms with van der Waals surface area (Å²) in [6.45, 7) is 8.33. The van der Waals surface area contributed by atoms with Crippen molar-refractivity contribution in [3.05, 3.63) is 198 Å². The normalized spacial score (nSPS) is 18.0. The van der Waals surface area contributed by atoms with Gasteiger partial charge >= 0.3 is 0 Å². The molecular weight excluding hydrogens is 1020 g/mol. The number of hydrogen-bond donors (Lipinski definition) is 1. The molecule has 2 aliphatic heterocycles. The standard InChI is InChI=1S/C31H33F2N3O4.C30H28F2N2O5/c1-19(2)35-18-31(14-23(15-31)34-3)36-16-24(26(37)12-10-21-9-11-22(32)13-25(21)33)28(38)29(27(36)30(35)39)40-17-20-7-5-4-6-8-20;1-18(2)33-17-30(13-22(35)14-30)34-15-23(25(36)11-9-20-8-10-21(31)12-24(20)32)27(37)28(26(34)29(33)38)39-16-19-6-4-3-5-7-19/h4-9,11,13,16,19,23,34H,10,12,14-15,17-18H2,1-3H3;3-8,10,12,15,18H,9,11,13-14,16-17H2,1-2H3. The molecule has 4 aromatic carbocycles. The highest BCUT2D eigenvalue weighted by molar-refractivity contribution is 6.02. The minimum absolute atomic E-state index is 0.000622. The van der Waals surface area contributed by atoms with Crippen molar-refractivity contribution in [2.75, 3.05) is 20.1 Å². The molecule has 0 bridgehead atoms. The maximum atomic E-state index is 14.2. The predicted octanol–water partition coefficient (Wildman–Crippen LogP) is 8.91. The van der Waals surface area contributed by atoms with Crippen molar-refractivity contribution in [1.82, 2.24) is 24.3 Å². The van der Waals surface area contributed by atoms with Crippen LogP contribution in [0.5, 0.6) is 11.5 Å². The van der Waals surface area contributed by atoms with E-state index >= 15 is 0 Å².